The van der Waals surface area contributed by atoms with Crippen molar-refractivity contribution in [1.82, 2.24) is 15.1 Å². The van der Waals surface area contributed by atoms with Crippen LogP contribution in [-0.4, -0.2) is 50.1 Å². The molecule has 1 aromatic rings. The molecule has 1 atom stereocenters. The number of nitrogens with one attached hydrogen (secondary N) is 1. The standard InChI is InChI=1S/C14H25N3O/c1-15-8-12-7-14(18-11-12)10-17-6-4-5-13(17)9-16(2)3/h7,11,13,15H,4-6,8-10H2,1-3H3. The minimum absolute atomic E-state index is 0.679. The first-order valence-corrected chi connectivity index (χ1v) is 6.78. The van der Waals surface area contributed by atoms with Gasteiger partial charge in [0.2, 0.25) is 0 Å². The van der Waals surface area contributed by atoms with Gasteiger partial charge in [-0.2, -0.15) is 0 Å². The number of likely N-dealkylation sites (N-methyl/N-ethyl adjacent to an activating group) is 1. The van der Waals surface area contributed by atoms with Crippen molar-refractivity contribution in [1.29, 1.82) is 0 Å². The van der Waals surface area contributed by atoms with Gasteiger partial charge in [0.1, 0.15) is 5.76 Å². The largest absolute Gasteiger partial charge is 0.468 e. The van der Waals surface area contributed by atoms with Crippen LogP contribution in [0, 0.1) is 0 Å². The Hall–Kier alpha value is -0.840. The Bertz CT molecular complexity index is 362. The van der Waals surface area contributed by atoms with Crippen molar-refractivity contribution in [2.24, 2.45) is 0 Å². The van der Waals surface area contributed by atoms with Crippen LogP contribution in [0.1, 0.15) is 24.2 Å². The molecule has 0 aromatic carbocycles. The maximum absolute atomic E-state index is 5.64. The fourth-order valence-corrected chi connectivity index (χ4v) is 2.74. The van der Waals surface area contributed by atoms with Crippen LogP contribution in [0.5, 0.6) is 0 Å². The van der Waals surface area contributed by atoms with Crippen molar-refractivity contribution < 1.29 is 4.42 Å². The van der Waals surface area contributed by atoms with E-state index in [1.807, 2.05) is 13.3 Å². The second-order valence-corrected chi connectivity index (χ2v) is 5.48. The lowest BCUT2D eigenvalue weighted by atomic mass is 10.2. The Balaban J connectivity index is 1.90. The molecule has 4 nitrogen and oxygen atoms in total. The number of furan rings is 1. The van der Waals surface area contributed by atoms with Crippen molar-refractivity contribution in [2.45, 2.75) is 32.0 Å². The third-order valence-electron chi connectivity index (χ3n) is 3.52. The van der Waals surface area contributed by atoms with Gasteiger partial charge in [-0.1, -0.05) is 0 Å². The van der Waals surface area contributed by atoms with Gasteiger partial charge in [0.25, 0.3) is 0 Å². The summed E-state index contributed by atoms with van der Waals surface area (Å²) in [6.45, 7) is 4.16. The predicted molar refractivity (Wildman–Crippen MR) is 73.5 cm³/mol. The van der Waals surface area contributed by atoms with Crippen LogP contribution in [0.4, 0.5) is 0 Å². The lowest BCUT2D eigenvalue weighted by molar-refractivity contribution is 0.189. The summed E-state index contributed by atoms with van der Waals surface area (Å²) < 4.78 is 5.64. The zero-order valence-electron chi connectivity index (χ0n) is 11.8. The van der Waals surface area contributed by atoms with Gasteiger partial charge in [-0.15, -0.1) is 0 Å². The maximum atomic E-state index is 5.64. The van der Waals surface area contributed by atoms with E-state index in [2.05, 4.69) is 35.3 Å². The highest BCUT2D eigenvalue weighted by Gasteiger charge is 2.25. The van der Waals surface area contributed by atoms with Crippen LogP contribution in [0.15, 0.2) is 16.7 Å². The summed E-state index contributed by atoms with van der Waals surface area (Å²) >= 11 is 0. The first kappa shape index (κ1) is 13.6. The van der Waals surface area contributed by atoms with Crippen molar-refractivity contribution >= 4 is 0 Å². The van der Waals surface area contributed by atoms with Gasteiger partial charge in [0, 0.05) is 24.7 Å². The minimum Gasteiger partial charge on any atom is -0.468 e. The van der Waals surface area contributed by atoms with E-state index in [4.69, 9.17) is 4.42 Å². The van der Waals surface area contributed by atoms with Gasteiger partial charge in [0.15, 0.2) is 0 Å². The first-order chi connectivity index (χ1) is 8.69. The molecule has 0 radical (unpaired) electrons. The molecule has 0 saturated carbocycles. The van der Waals surface area contributed by atoms with Crippen LogP contribution in [0.25, 0.3) is 0 Å². The molecule has 1 N–H and O–H groups in total. The fourth-order valence-electron chi connectivity index (χ4n) is 2.74. The van der Waals surface area contributed by atoms with Crippen molar-refractivity contribution in [3.8, 4) is 0 Å². The van der Waals surface area contributed by atoms with Crippen molar-refractivity contribution in [2.75, 3.05) is 34.2 Å². The topological polar surface area (TPSA) is 31.7 Å². The van der Waals surface area contributed by atoms with Crippen LogP contribution in [-0.2, 0) is 13.1 Å². The van der Waals surface area contributed by atoms with Crippen LogP contribution in [0.2, 0.25) is 0 Å². The Kier molecular flexibility index (Phi) is 4.80. The van der Waals surface area contributed by atoms with Gasteiger partial charge >= 0.3 is 0 Å². The average molecular weight is 251 g/mol. The zero-order valence-corrected chi connectivity index (χ0v) is 11.8. The quantitative estimate of drug-likeness (QED) is 0.831. The third-order valence-corrected chi connectivity index (χ3v) is 3.52. The van der Waals surface area contributed by atoms with Gasteiger partial charge < -0.3 is 14.6 Å². The van der Waals surface area contributed by atoms with E-state index in [-0.39, 0.29) is 0 Å². The van der Waals surface area contributed by atoms with Gasteiger partial charge in [-0.25, -0.2) is 0 Å². The molecule has 102 valence electrons. The fraction of sp³-hybridized carbons (Fsp3) is 0.714. The number of hydrogen-bond donors (Lipinski definition) is 1. The monoisotopic (exact) mass is 251 g/mol. The summed E-state index contributed by atoms with van der Waals surface area (Å²) in [5, 5.41) is 3.15. The van der Waals surface area contributed by atoms with Crippen molar-refractivity contribution in [3.63, 3.8) is 0 Å². The van der Waals surface area contributed by atoms with E-state index in [9.17, 15) is 0 Å². The SMILES string of the molecule is CNCc1coc(CN2CCCC2CN(C)C)c1. The molecule has 1 unspecified atom stereocenters. The van der Waals surface area contributed by atoms with Crippen LogP contribution >= 0.6 is 0 Å². The normalized spacial score (nSPS) is 21.0. The highest BCUT2D eigenvalue weighted by Crippen LogP contribution is 2.21. The number of hydrogen-bond acceptors (Lipinski definition) is 4. The molecule has 0 spiro atoms. The highest BCUT2D eigenvalue weighted by molar-refractivity contribution is 5.12. The van der Waals surface area contributed by atoms with Crippen LogP contribution < -0.4 is 5.32 Å². The Morgan fingerprint density at radius 2 is 2.33 bits per heavy atom. The summed E-state index contributed by atoms with van der Waals surface area (Å²) in [5.41, 5.74) is 1.23. The Morgan fingerprint density at radius 1 is 1.50 bits per heavy atom. The lowest BCUT2D eigenvalue weighted by Gasteiger charge is -2.26. The molecule has 4 heteroatoms. The predicted octanol–water partition coefficient (Wildman–Crippen LogP) is 1.52. The van der Waals surface area contributed by atoms with Crippen molar-refractivity contribution in [3.05, 3.63) is 23.7 Å². The van der Waals surface area contributed by atoms with Crippen LogP contribution in [0.3, 0.4) is 0 Å². The maximum Gasteiger partial charge on any atom is 0.118 e. The molecular formula is C14H25N3O. The molecule has 1 aliphatic heterocycles. The summed E-state index contributed by atoms with van der Waals surface area (Å²) in [6, 6.07) is 2.85. The zero-order chi connectivity index (χ0) is 13.0. The van der Waals surface area contributed by atoms with Gasteiger partial charge in [-0.3, -0.25) is 4.90 Å². The van der Waals surface area contributed by atoms with E-state index in [0.717, 1.165) is 25.4 Å². The van der Waals surface area contributed by atoms with E-state index in [0.29, 0.717) is 6.04 Å². The van der Waals surface area contributed by atoms with Gasteiger partial charge in [-0.05, 0) is 46.6 Å². The number of rotatable bonds is 6. The van der Waals surface area contributed by atoms with E-state index in [1.165, 1.54) is 24.9 Å². The number of likely N-dealkylation sites (tertiary alicyclic amines) is 1. The third kappa shape index (κ3) is 3.57. The molecule has 1 aliphatic rings. The molecule has 18 heavy (non-hydrogen) atoms. The van der Waals surface area contributed by atoms with E-state index < -0.39 is 0 Å². The molecule has 0 aliphatic carbocycles. The molecule has 0 bridgehead atoms. The molecule has 1 saturated heterocycles. The molecule has 1 aromatic heterocycles. The summed E-state index contributed by atoms with van der Waals surface area (Å²) in [5.74, 6) is 1.09. The van der Waals surface area contributed by atoms with E-state index in [1.54, 1.807) is 0 Å². The lowest BCUT2D eigenvalue weighted by Crippen LogP contribution is -2.36. The molecule has 1 fully saturated rings. The second kappa shape index (κ2) is 6.36. The second-order valence-electron chi connectivity index (χ2n) is 5.48. The summed E-state index contributed by atoms with van der Waals surface area (Å²) in [7, 11) is 6.25. The highest BCUT2D eigenvalue weighted by atomic mass is 16.3. The van der Waals surface area contributed by atoms with E-state index >= 15 is 0 Å². The number of nitrogens with zero attached hydrogens (tertiary/aromatic N) is 2. The van der Waals surface area contributed by atoms with Gasteiger partial charge in [0.05, 0.1) is 12.8 Å². The summed E-state index contributed by atoms with van der Waals surface area (Å²) in [6.07, 6.45) is 4.48. The molecule has 2 heterocycles. The summed E-state index contributed by atoms with van der Waals surface area (Å²) in [4.78, 5) is 4.82. The molecule has 2 rings (SSSR count). The Morgan fingerprint density at radius 3 is 3.06 bits per heavy atom. The minimum atomic E-state index is 0.679. The molecule has 0 amide bonds. The molecular weight excluding hydrogens is 226 g/mol. The smallest absolute Gasteiger partial charge is 0.118 e. The first-order valence-electron chi connectivity index (χ1n) is 6.78. The average Bonchev–Trinajstić information content (AvgIpc) is 2.90. The Labute approximate surface area is 110 Å².